The maximum atomic E-state index is 3.50. The molecule has 2 aliphatic rings. The zero-order chi connectivity index (χ0) is 8.67. The summed E-state index contributed by atoms with van der Waals surface area (Å²) in [6.45, 7) is 2.45. The molecule has 1 aliphatic heterocycles. The summed E-state index contributed by atoms with van der Waals surface area (Å²) in [6, 6.07) is 2.25. The number of aromatic amines is 1. The van der Waals surface area contributed by atoms with Crippen molar-refractivity contribution >= 4 is 0 Å². The highest BCUT2D eigenvalue weighted by molar-refractivity contribution is 5.25. The van der Waals surface area contributed by atoms with E-state index in [4.69, 9.17) is 0 Å². The second-order valence-corrected chi connectivity index (χ2v) is 4.40. The Morgan fingerprint density at radius 3 is 3.23 bits per heavy atom. The zero-order valence-corrected chi connectivity index (χ0v) is 7.84. The first-order valence-electron chi connectivity index (χ1n) is 5.29. The molecule has 1 aromatic heterocycles. The second-order valence-electron chi connectivity index (χ2n) is 4.40. The lowest BCUT2D eigenvalue weighted by molar-refractivity contribution is 0.236. The van der Waals surface area contributed by atoms with E-state index in [9.17, 15) is 0 Å². The lowest BCUT2D eigenvalue weighted by Crippen LogP contribution is -2.40. The SMILES string of the molecule is c1cc2c([nH]1)CC1CCNCC1C2. The van der Waals surface area contributed by atoms with Gasteiger partial charge >= 0.3 is 0 Å². The highest BCUT2D eigenvalue weighted by atomic mass is 14.9. The van der Waals surface area contributed by atoms with Crippen molar-refractivity contribution < 1.29 is 0 Å². The fourth-order valence-electron chi connectivity index (χ4n) is 2.85. The van der Waals surface area contributed by atoms with E-state index in [1.54, 1.807) is 5.56 Å². The number of fused-ring (bicyclic) bond motifs is 2. The molecular weight excluding hydrogens is 160 g/mol. The van der Waals surface area contributed by atoms with Gasteiger partial charge in [-0.1, -0.05) is 0 Å². The van der Waals surface area contributed by atoms with E-state index in [2.05, 4.69) is 22.6 Å². The van der Waals surface area contributed by atoms with Crippen LogP contribution in [0, 0.1) is 11.8 Å². The van der Waals surface area contributed by atoms with Gasteiger partial charge in [0.15, 0.2) is 0 Å². The van der Waals surface area contributed by atoms with Gasteiger partial charge in [0.1, 0.15) is 0 Å². The molecule has 1 aliphatic carbocycles. The lowest BCUT2D eigenvalue weighted by atomic mass is 9.75. The predicted molar refractivity (Wildman–Crippen MR) is 52.7 cm³/mol. The predicted octanol–water partition coefficient (Wildman–Crippen LogP) is 1.34. The average molecular weight is 176 g/mol. The summed E-state index contributed by atoms with van der Waals surface area (Å²) in [5.41, 5.74) is 3.06. The number of hydrogen-bond donors (Lipinski definition) is 2. The molecule has 0 aromatic carbocycles. The molecule has 1 saturated heterocycles. The minimum absolute atomic E-state index is 0.900. The Morgan fingerprint density at radius 1 is 1.23 bits per heavy atom. The standard InChI is InChI=1S/C11H16N2/c1-3-12-7-10-5-9-2-4-13-11(9)6-8(1)10/h2,4,8,10,12-13H,1,3,5-7H2. The highest BCUT2D eigenvalue weighted by Gasteiger charge is 2.30. The van der Waals surface area contributed by atoms with Gasteiger partial charge in [0, 0.05) is 11.9 Å². The molecule has 2 unspecified atom stereocenters. The Kier molecular flexibility index (Phi) is 1.69. The largest absolute Gasteiger partial charge is 0.365 e. The number of nitrogens with one attached hydrogen (secondary N) is 2. The Morgan fingerprint density at radius 2 is 2.23 bits per heavy atom. The van der Waals surface area contributed by atoms with Crippen molar-refractivity contribution in [3.05, 3.63) is 23.5 Å². The molecule has 2 atom stereocenters. The van der Waals surface area contributed by atoms with E-state index in [-0.39, 0.29) is 0 Å². The van der Waals surface area contributed by atoms with Crippen LogP contribution in [0.25, 0.3) is 0 Å². The van der Waals surface area contributed by atoms with Gasteiger partial charge in [-0.15, -0.1) is 0 Å². The van der Waals surface area contributed by atoms with Gasteiger partial charge in [0.25, 0.3) is 0 Å². The highest BCUT2D eigenvalue weighted by Crippen LogP contribution is 2.32. The Labute approximate surface area is 78.7 Å². The van der Waals surface area contributed by atoms with E-state index < -0.39 is 0 Å². The minimum atomic E-state index is 0.900. The molecule has 2 heterocycles. The molecule has 0 radical (unpaired) electrons. The van der Waals surface area contributed by atoms with Gasteiger partial charge in [-0.25, -0.2) is 0 Å². The van der Waals surface area contributed by atoms with Crippen LogP contribution in [0.3, 0.4) is 0 Å². The van der Waals surface area contributed by atoms with Gasteiger partial charge in [-0.2, -0.15) is 0 Å². The fraction of sp³-hybridized carbons (Fsp3) is 0.636. The maximum absolute atomic E-state index is 3.50. The summed E-state index contributed by atoms with van der Waals surface area (Å²) in [7, 11) is 0. The molecule has 0 spiro atoms. The van der Waals surface area contributed by atoms with E-state index >= 15 is 0 Å². The molecule has 2 heteroatoms. The topological polar surface area (TPSA) is 27.8 Å². The van der Waals surface area contributed by atoms with Gasteiger partial charge < -0.3 is 10.3 Å². The summed E-state index contributed by atoms with van der Waals surface area (Å²) in [5.74, 6) is 1.84. The van der Waals surface area contributed by atoms with Crippen LogP contribution in [0.5, 0.6) is 0 Å². The first-order valence-corrected chi connectivity index (χ1v) is 5.29. The molecule has 0 saturated carbocycles. The Hall–Kier alpha value is -0.760. The molecular formula is C11H16N2. The molecule has 0 amide bonds. The van der Waals surface area contributed by atoms with E-state index in [0.29, 0.717) is 0 Å². The van der Waals surface area contributed by atoms with Crippen LogP contribution in [-0.2, 0) is 12.8 Å². The van der Waals surface area contributed by atoms with Crippen LogP contribution in [0.2, 0.25) is 0 Å². The third-order valence-electron chi connectivity index (χ3n) is 3.64. The van der Waals surface area contributed by atoms with Crippen LogP contribution >= 0.6 is 0 Å². The van der Waals surface area contributed by atoms with Gasteiger partial charge in [-0.05, 0) is 55.8 Å². The van der Waals surface area contributed by atoms with Crippen LogP contribution in [0.4, 0.5) is 0 Å². The molecule has 0 bridgehead atoms. The number of H-pyrrole nitrogens is 1. The summed E-state index contributed by atoms with van der Waals surface area (Å²) in [4.78, 5) is 3.37. The second kappa shape index (κ2) is 2.88. The fourth-order valence-corrected chi connectivity index (χ4v) is 2.85. The van der Waals surface area contributed by atoms with Gasteiger partial charge in [0.05, 0.1) is 0 Å². The number of piperidine rings is 1. The third-order valence-corrected chi connectivity index (χ3v) is 3.64. The van der Waals surface area contributed by atoms with Crippen molar-refractivity contribution in [2.24, 2.45) is 11.8 Å². The summed E-state index contributed by atoms with van der Waals surface area (Å²) in [5, 5.41) is 3.50. The van der Waals surface area contributed by atoms with E-state index in [0.717, 1.165) is 11.8 Å². The van der Waals surface area contributed by atoms with Crippen molar-refractivity contribution in [3.8, 4) is 0 Å². The first kappa shape index (κ1) is 7.63. The molecule has 2 nitrogen and oxygen atoms in total. The van der Waals surface area contributed by atoms with Crippen molar-refractivity contribution in [3.63, 3.8) is 0 Å². The molecule has 70 valence electrons. The normalized spacial score (nSPS) is 32.3. The van der Waals surface area contributed by atoms with E-state index in [1.165, 1.54) is 38.0 Å². The number of rotatable bonds is 0. The van der Waals surface area contributed by atoms with E-state index in [1.807, 2.05) is 0 Å². The molecule has 2 N–H and O–H groups in total. The third kappa shape index (κ3) is 1.20. The van der Waals surface area contributed by atoms with Gasteiger partial charge in [0.2, 0.25) is 0 Å². The van der Waals surface area contributed by atoms with Crippen molar-refractivity contribution in [2.45, 2.75) is 19.3 Å². The van der Waals surface area contributed by atoms with Crippen LogP contribution in [0.15, 0.2) is 12.3 Å². The van der Waals surface area contributed by atoms with Crippen molar-refractivity contribution in [1.29, 1.82) is 0 Å². The quantitative estimate of drug-likeness (QED) is 0.613. The zero-order valence-electron chi connectivity index (χ0n) is 7.84. The lowest BCUT2D eigenvalue weighted by Gasteiger charge is -2.35. The summed E-state index contributed by atoms with van der Waals surface area (Å²) < 4.78 is 0. The first-order chi connectivity index (χ1) is 6.43. The number of aromatic nitrogens is 1. The maximum Gasteiger partial charge on any atom is 0.0182 e. The average Bonchev–Trinajstić information content (AvgIpc) is 2.61. The van der Waals surface area contributed by atoms with Gasteiger partial charge in [-0.3, -0.25) is 0 Å². The number of hydrogen-bond acceptors (Lipinski definition) is 1. The summed E-state index contributed by atoms with van der Waals surface area (Å²) >= 11 is 0. The Balaban J connectivity index is 1.89. The smallest absolute Gasteiger partial charge is 0.0182 e. The van der Waals surface area contributed by atoms with Crippen molar-refractivity contribution in [2.75, 3.05) is 13.1 Å². The van der Waals surface area contributed by atoms with Crippen LogP contribution in [-0.4, -0.2) is 18.1 Å². The monoisotopic (exact) mass is 176 g/mol. The molecule has 13 heavy (non-hydrogen) atoms. The minimum Gasteiger partial charge on any atom is -0.365 e. The van der Waals surface area contributed by atoms with Crippen LogP contribution < -0.4 is 5.32 Å². The van der Waals surface area contributed by atoms with Crippen LogP contribution in [0.1, 0.15) is 17.7 Å². The molecule has 3 rings (SSSR count). The summed E-state index contributed by atoms with van der Waals surface area (Å²) in [6.07, 6.45) is 6.03. The molecule has 1 fully saturated rings. The van der Waals surface area contributed by atoms with Crippen molar-refractivity contribution in [1.82, 2.24) is 10.3 Å². The Bertz CT molecular complexity index is 274. The molecule has 1 aromatic rings.